The minimum absolute atomic E-state index is 0.180. The molecule has 168 valence electrons. The average molecular weight is 484 g/mol. The number of nitrogens with one attached hydrogen (secondary N) is 1. The quantitative estimate of drug-likeness (QED) is 0.589. The van der Waals surface area contributed by atoms with Crippen molar-refractivity contribution in [3.8, 4) is 0 Å². The summed E-state index contributed by atoms with van der Waals surface area (Å²) in [5.74, 6) is -0.435. The number of halogens is 2. The Bertz CT molecular complexity index is 1020. The number of hydrogen-bond acceptors (Lipinski definition) is 4. The molecule has 2 aromatic rings. The van der Waals surface area contributed by atoms with E-state index in [0.29, 0.717) is 10.7 Å². The van der Waals surface area contributed by atoms with Gasteiger partial charge in [0, 0.05) is 29.5 Å². The largest absolute Gasteiger partial charge is 0.372 e. The first-order chi connectivity index (χ1) is 14.7. The third-order valence-electron chi connectivity index (χ3n) is 5.33. The molecule has 1 aliphatic heterocycles. The molecule has 1 saturated heterocycles. The number of hydrogen-bond donors (Lipinski definition) is 1. The lowest BCUT2D eigenvalue weighted by Crippen LogP contribution is -2.47. The van der Waals surface area contributed by atoms with Crippen molar-refractivity contribution in [3.63, 3.8) is 0 Å². The molecular formula is C22H27Cl2N3O3S. The lowest BCUT2D eigenvalue weighted by Gasteiger charge is -2.31. The third-order valence-corrected chi connectivity index (χ3v) is 7.05. The standard InChI is InChI=1S/C22H27Cl2N3O3S/c1-3-20(27(31(2,29)30)21-15-16(23)7-12-19(21)24)22(28)25-17-8-10-18(11-9-17)26-13-5-4-6-14-26/h7-12,15,20H,3-6,13-14H2,1-2H3,(H,25,28). The molecule has 2 aromatic carbocycles. The second-order valence-corrected chi connectivity index (χ2v) is 10.4. The van der Waals surface area contributed by atoms with Crippen LogP contribution in [0, 0.1) is 0 Å². The van der Waals surface area contributed by atoms with E-state index in [1.54, 1.807) is 13.0 Å². The Morgan fingerprint density at radius 1 is 1.10 bits per heavy atom. The van der Waals surface area contributed by atoms with Gasteiger partial charge in [0.2, 0.25) is 15.9 Å². The van der Waals surface area contributed by atoms with Gasteiger partial charge in [0.05, 0.1) is 17.0 Å². The van der Waals surface area contributed by atoms with E-state index in [4.69, 9.17) is 23.2 Å². The summed E-state index contributed by atoms with van der Waals surface area (Å²) in [5, 5.41) is 3.37. The molecule has 0 aliphatic carbocycles. The number of nitrogens with zero attached hydrogens (tertiary/aromatic N) is 2. The van der Waals surface area contributed by atoms with Crippen LogP contribution in [-0.4, -0.2) is 39.7 Å². The zero-order valence-corrected chi connectivity index (χ0v) is 20.0. The molecule has 1 atom stereocenters. The molecule has 1 heterocycles. The van der Waals surface area contributed by atoms with Crippen LogP contribution in [0.15, 0.2) is 42.5 Å². The molecule has 0 aromatic heterocycles. The normalized spacial score (nSPS) is 15.4. The van der Waals surface area contributed by atoms with E-state index in [0.717, 1.165) is 29.3 Å². The maximum absolute atomic E-state index is 13.1. The summed E-state index contributed by atoms with van der Waals surface area (Å²) in [7, 11) is -3.80. The van der Waals surface area contributed by atoms with E-state index in [2.05, 4.69) is 10.2 Å². The van der Waals surface area contributed by atoms with Crippen LogP contribution >= 0.6 is 23.2 Å². The summed E-state index contributed by atoms with van der Waals surface area (Å²) in [5.41, 5.74) is 1.90. The van der Waals surface area contributed by atoms with Crippen LogP contribution in [0.2, 0.25) is 10.0 Å². The van der Waals surface area contributed by atoms with Crippen molar-refractivity contribution in [1.82, 2.24) is 0 Å². The van der Waals surface area contributed by atoms with Gasteiger partial charge in [-0.3, -0.25) is 9.10 Å². The van der Waals surface area contributed by atoms with Crippen molar-refractivity contribution in [3.05, 3.63) is 52.5 Å². The number of piperidine rings is 1. The Labute approximate surface area is 194 Å². The minimum atomic E-state index is -3.80. The van der Waals surface area contributed by atoms with E-state index >= 15 is 0 Å². The summed E-state index contributed by atoms with van der Waals surface area (Å²) in [4.78, 5) is 15.4. The number of sulfonamides is 1. The molecule has 0 saturated carbocycles. The maximum Gasteiger partial charge on any atom is 0.248 e. The fraction of sp³-hybridized carbons (Fsp3) is 0.409. The molecule has 1 fully saturated rings. The van der Waals surface area contributed by atoms with Crippen LogP contribution in [0.25, 0.3) is 0 Å². The predicted octanol–water partition coefficient (Wildman–Crippen LogP) is 5.17. The molecule has 0 radical (unpaired) electrons. The molecule has 0 spiro atoms. The van der Waals surface area contributed by atoms with Crippen molar-refractivity contribution >= 4 is 56.2 Å². The second-order valence-electron chi connectivity index (χ2n) is 7.66. The van der Waals surface area contributed by atoms with Crippen molar-refractivity contribution in [2.24, 2.45) is 0 Å². The number of benzene rings is 2. The monoisotopic (exact) mass is 483 g/mol. The molecule has 3 rings (SSSR count). The lowest BCUT2D eigenvalue weighted by atomic mass is 10.1. The first-order valence-electron chi connectivity index (χ1n) is 10.3. The number of carbonyl (C=O) groups excluding carboxylic acids is 1. The third kappa shape index (κ3) is 5.84. The average Bonchev–Trinajstić information content (AvgIpc) is 2.74. The van der Waals surface area contributed by atoms with E-state index < -0.39 is 22.0 Å². The zero-order chi connectivity index (χ0) is 22.6. The molecule has 1 unspecified atom stereocenters. The van der Waals surface area contributed by atoms with Crippen LogP contribution < -0.4 is 14.5 Å². The minimum Gasteiger partial charge on any atom is -0.372 e. The fourth-order valence-corrected chi connectivity index (χ4v) is 5.46. The number of amides is 1. The summed E-state index contributed by atoms with van der Waals surface area (Å²) in [6, 6.07) is 11.2. The van der Waals surface area contributed by atoms with E-state index in [1.807, 2.05) is 24.3 Å². The van der Waals surface area contributed by atoms with E-state index in [1.165, 1.54) is 31.4 Å². The van der Waals surface area contributed by atoms with Crippen LogP contribution in [-0.2, 0) is 14.8 Å². The van der Waals surface area contributed by atoms with Crippen LogP contribution in [0.5, 0.6) is 0 Å². The Morgan fingerprint density at radius 3 is 2.32 bits per heavy atom. The molecule has 1 amide bonds. The smallest absolute Gasteiger partial charge is 0.248 e. The van der Waals surface area contributed by atoms with Crippen molar-refractivity contribution in [1.29, 1.82) is 0 Å². The van der Waals surface area contributed by atoms with Gasteiger partial charge in [0.15, 0.2) is 0 Å². The molecule has 1 N–H and O–H groups in total. The Kier molecular flexibility index (Phi) is 7.73. The van der Waals surface area contributed by atoms with Gasteiger partial charge in [-0.2, -0.15) is 0 Å². The molecule has 0 bridgehead atoms. The summed E-state index contributed by atoms with van der Waals surface area (Å²) in [6.45, 7) is 3.82. The Hall–Kier alpha value is -1.96. The topological polar surface area (TPSA) is 69.7 Å². The summed E-state index contributed by atoms with van der Waals surface area (Å²) >= 11 is 12.3. The van der Waals surface area contributed by atoms with Crippen molar-refractivity contribution in [2.75, 3.05) is 33.9 Å². The molecule has 9 heteroatoms. The summed E-state index contributed by atoms with van der Waals surface area (Å²) < 4.78 is 26.3. The van der Waals surface area contributed by atoms with Crippen LogP contribution in [0.3, 0.4) is 0 Å². The maximum atomic E-state index is 13.1. The predicted molar refractivity (Wildman–Crippen MR) is 129 cm³/mol. The van der Waals surface area contributed by atoms with Gasteiger partial charge in [-0.05, 0) is 68.1 Å². The van der Waals surface area contributed by atoms with E-state index in [-0.39, 0.29) is 17.1 Å². The highest BCUT2D eigenvalue weighted by Crippen LogP contribution is 2.33. The fourth-order valence-electron chi connectivity index (χ4n) is 3.82. The molecule has 6 nitrogen and oxygen atoms in total. The van der Waals surface area contributed by atoms with Gasteiger partial charge in [0.25, 0.3) is 0 Å². The van der Waals surface area contributed by atoms with Gasteiger partial charge in [-0.1, -0.05) is 30.1 Å². The highest BCUT2D eigenvalue weighted by atomic mass is 35.5. The SMILES string of the molecule is CCC(C(=O)Nc1ccc(N2CCCCC2)cc1)N(c1cc(Cl)ccc1Cl)S(C)(=O)=O. The Morgan fingerprint density at radius 2 is 1.74 bits per heavy atom. The number of anilines is 3. The first kappa shape index (κ1) is 23.7. The van der Waals surface area contributed by atoms with Gasteiger partial charge in [-0.15, -0.1) is 0 Å². The lowest BCUT2D eigenvalue weighted by molar-refractivity contribution is -0.117. The van der Waals surface area contributed by atoms with Gasteiger partial charge < -0.3 is 10.2 Å². The molecule has 31 heavy (non-hydrogen) atoms. The van der Waals surface area contributed by atoms with Crippen LogP contribution in [0.4, 0.5) is 17.1 Å². The van der Waals surface area contributed by atoms with Crippen LogP contribution in [0.1, 0.15) is 32.6 Å². The Balaban J connectivity index is 1.82. The number of rotatable bonds is 7. The highest BCUT2D eigenvalue weighted by molar-refractivity contribution is 7.92. The highest BCUT2D eigenvalue weighted by Gasteiger charge is 2.33. The van der Waals surface area contributed by atoms with Gasteiger partial charge in [-0.25, -0.2) is 8.42 Å². The van der Waals surface area contributed by atoms with Gasteiger partial charge >= 0.3 is 0 Å². The van der Waals surface area contributed by atoms with E-state index in [9.17, 15) is 13.2 Å². The first-order valence-corrected chi connectivity index (χ1v) is 12.9. The van der Waals surface area contributed by atoms with Crippen molar-refractivity contribution in [2.45, 2.75) is 38.6 Å². The van der Waals surface area contributed by atoms with Crippen molar-refractivity contribution < 1.29 is 13.2 Å². The second kappa shape index (κ2) is 10.1. The molecular weight excluding hydrogens is 457 g/mol. The molecule has 1 aliphatic rings. The zero-order valence-electron chi connectivity index (χ0n) is 17.6. The van der Waals surface area contributed by atoms with Gasteiger partial charge in [0.1, 0.15) is 6.04 Å². The summed E-state index contributed by atoms with van der Waals surface area (Å²) in [6.07, 6.45) is 4.94. The number of carbonyl (C=O) groups is 1.